The van der Waals surface area contributed by atoms with E-state index in [9.17, 15) is 24.8 Å². The summed E-state index contributed by atoms with van der Waals surface area (Å²) in [7, 11) is 3.51. The predicted molar refractivity (Wildman–Crippen MR) is 143 cm³/mol. The molecule has 1 aromatic carbocycles. The van der Waals surface area contributed by atoms with Gasteiger partial charge in [-0.3, -0.25) is 4.79 Å². The van der Waals surface area contributed by atoms with Crippen molar-refractivity contribution in [1.29, 1.82) is 10.5 Å². The summed E-state index contributed by atoms with van der Waals surface area (Å²) in [6, 6.07) is 14.4. The Kier molecular flexibility index (Phi) is 7.05. The zero-order valence-corrected chi connectivity index (χ0v) is 21.6. The van der Waals surface area contributed by atoms with E-state index in [1.807, 2.05) is 24.1 Å². The minimum Gasteiger partial charge on any atom is -0.393 e. The molecule has 3 aromatic rings. The van der Waals surface area contributed by atoms with E-state index in [0.717, 1.165) is 50.8 Å². The van der Waals surface area contributed by atoms with Crippen LogP contribution < -0.4 is 15.4 Å². The molecule has 0 spiro atoms. The lowest BCUT2D eigenvalue weighted by atomic mass is 9.81. The summed E-state index contributed by atoms with van der Waals surface area (Å²) in [5, 5.41) is 29.1. The van der Waals surface area contributed by atoms with E-state index < -0.39 is 0 Å². The molecule has 0 saturated heterocycles. The first-order chi connectivity index (χ1) is 18.3. The molecule has 1 N–H and O–H groups in total. The fraction of sp³-hybridized carbons (Fsp3) is 0.448. The highest BCUT2D eigenvalue weighted by Gasteiger charge is 2.34. The number of halogens is 1. The summed E-state index contributed by atoms with van der Waals surface area (Å²) < 4.78 is 15.0. The number of nitriles is 2. The Balaban J connectivity index is 1.41. The minimum absolute atomic E-state index is 0.0312. The van der Waals surface area contributed by atoms with Gasteiger partial charge in [0.1, 0.15) is 34.7 Å². The second-order valence-electron chi connectivity index (χ2n) is 10.6. The number of aryl methyl sites for hydroxylation is 1. The normalized spacial score (nSPS) is 22.8. The number of anilines is 2. The van der Waals surface area contributed by atoms with Crippen molar-refractivity contribution in [3.63, 3.8) is 0 Å². The summed E-state index contributed by atoms with van der Waals surface area (Å²) >= 11 is 0. The van der Waals surface area contributed by atoms with Gasteiger partial charge in [-0.05, 0) is 80.8 Å². The van der Waals surface area contributed by atoms with Gasteiger partial charge in [-0.25, -0.2) is 9.37 Å². The quantitative estimate of drug-likeness (QED) is 0.532. The lowest BCUT2D eigenvalue weighted by Gasteiger charge is -2.44. The Morgan fingerprint density at radius 1 is 1.05 bits per heavy atom. The number of hydrogen-bond donors (Lipinski definition) is 1. The number of aliphatic hydroxyl groups excluding tert-OH is 1. The molecular formula is C29H31FN6O2. The van der Waals surface area contributed by atoms with Crippen LogP contribution in [-0.4, -0.2) is 46.4 Å². The molecule has 9 heteroatoms. The van der Waals surface area contributed by atoms with Crippen LogP contribution in [0.25, 0.3) is 11.0 Å². The molecule has 0 atom stereocenters. The number of aromatic nitrogens is 2. The van der Waals surface area contributed by atoms with Crippen LogP contribution in [0.4, 0.5) is 15.8 Å². The predicted octanol–water partition coefficient (Wildman–Crippen LogP) is 3.84. The molecule has 2 aliphatic rings. The summed E-state index contributed by atoms with van der Waals surface area (Å²) in [4.78, 5) is 21.9. The number of aliphatic hydroxyl groups is 1. The van der Waals surface area contributed by atoms with Crippen LogP contribution in [0.2, 0.25) is 0 Å². The molecule has 2 fully saturated rings. The number of nitrogens with zero attached hydrogens (tertiary/aromatic N) is 6. The maximum atomic E-state index is 13.6. The summed E-state index contributed by atoms with van der Waals surface area (Å²) in [5.41, 5.74) is 2.40. The van der Waals surface area contributed by atoms with Crippen LogP contribution >= 0.6 is 0 Å². The Bertz CT molecular complexity index is 1470. The van der Waals surface area contributed by atoms with Gasteiger partial charge in [0, 0.05) is 38.4 Å². The Hall–Kier alpha value is -3.95. The maximum Gasteiger partial charge on any atom is 0.270 e. The third-order valence-corrected chi connectivity index (χ3v) is 8.27. The van der Waals surface area contributed by atoms with Crippen molar-refractivity contribution in [1.82, 2.24) is 9.55 Å². The van der Waals surface area contributed by atoms with E-state index in [1.54, 1.807) is 19.2 Å². The van der Waals surface area contributed by atoms with Gasteiger partial charge >= 0.3 is 0 Å². The highest BCUT2D eigenvalue weighted by Crippen LogP contribution is 2.37. The van der Waals surface area contributed by atoms with Gasteiger partial charge in [-0.1, -0.05) is 0 Å². The van der Waals surface area contributed by atoms with Crippen molar-refractivity contribution >= 4 is 22.4 Å². The number of hydrogen-bond acceptors (Lipinski definition) is 7. The number of benzene rings is 1. The monoisotopic (exact) mass is 514 g/mol. The first-order valence-electron chi connectivity index (χ1n) is 13.1. The topological polar surface area (TPSA) is 109 Å². The van der Waals surface area contributed by atoms with Gasteiger partial charge in [-0.2, -0.15) is 10.5 Å². The van der Waals surface area contributed by atoms with Crippen molar-refractivity contribution in [2.75, 3.05) is 23.4 Å². The first kappa shape index (κ1) is 25.7. The zero-order chi connectivity index (χ0) is 27.0. The number of pyridine rings is 2. The average molecular weight is 515 g/mol. The zero-order valence-electron chi connectivity index (χ0n) is 21.6. The highest BCUT2D eigenvalue weighted by atomic mass is 19.1. The Labute approximate surface area is 221 Å². The van der Waals surface area contributed by atoms with Crippen LogP contribution in [0.5, 0.6) is 0 Å². The van der Waals surface area contributed by atoms with Gasteiger partial charge < -0.3 is 19.5 Å². The highest BCUT2D eigenvalue weighted by molar-refractivity contribution is 5.92. The molecule has 0 amide bonds. The Morgan fingerprint density at radius 3 is 2.32 bits per heavy atom. The van der Waals surface area contributed by atoms with Crippen LogP contribution in [0, 0.1) is 34.4 Å². The molecule has 2 heterocycles. The standard InChI is InChI=1S/C29H31FN6O2/c1-34(28-25(16-32)29(38)35(2)26-12-5-20(15-31)33-27(26)28)21-8-10-23(11-9-21)36(17-18-13-24(37)14-18)22-6-3-19(30)4-7-22/h3-7,12,18,21,23-24,37H,8-11,13-14,17H2,1-2H3/t18?,21-,23+,24?. The largest absolute Gasteiger partial charge is 0.393 e. The second kappa shape index (κ2) is 10.4. The van der Waals surface area contributed by atoms with E-state index in [0.29, 0.717) is 22.6 Å². The van der Waals surface area contributed by atoms with Gasteiger partial charge in [0.2, 0.25) is 0 Å². The molecular weight excluding hydrogens is 483 g/mol. The molecule has 0 aliphatic heterocycles. The number of fused-ring (bicyclic) bond motifs is 1. The van der Waals surface area contributed by atoms with Crippen molar-refractivity contribution in [2.45, 2.75) is 56.7 Å². The summed E-state index contributed by atoms with van der Waals surface area (Å²) in [5.74, 6) is 0.154. The summed E-state index contributed by atoms with van der Waals surface area (Å²) in [6.07, 6.45) is 4.82. The van der Waals surface area contributed by atoms with Crippen molar-refractivity contribution < 1.29 is 9.50 Å². The molecule has 5 rings (SSSR count). The smallest absolute Gasteiger partial charge is 0.270 e. The van der Waals surface area contributed by atoms with E-state index in [4.69, 9.17) is 0 Å². The maximum absolute atomic E-state index is 13.6. The number of rotatable bonds is 6. The molecule has 0 radical (unpaired) electrons. The molecule has 2 saturated carbocycles. The second-order valence-corrected chi connectivity index (χ2v) is 10.6. The molecule has 38 heavy (non-hydrogen) atoms. The van der Waals surface area contributed by atoms with Crippen molar-refractivity contribution in [3.05, 3.63) is 63.8 Å². The summed E-state index contributed by atoms with van der Waals surface area (Å²) in [6.45, 7) is 0.826. The average Bonchev–Trinajstić information content (AvgIpc) is 2.92. The van der Waals surface area contributed by atoms with Gasteiger partial charge in [0.15, 0.2) is 0 Å². The van der Waals surface area contributed by atoms with Gasteiger partial charge in [-0.15, -0.1) is 0 Å². The SMILES string of the molecule is Cn1c(=O)c(C#N)c(N(C)[C@H]2CC[C@@H](N(CC3CC(O)C3)c3ccc(F)cc3)CC2)c2nc(C#N)ccc21. The van der Waals surface area contributed by atoms with Crippen LogP contribution in [0.3, 0.4) is 0 Å². The van der Waals surface area contributed by atoms with Crippen molar-refractivity contribution in [3.8, 4) is 12.1 Å². The van der Waals surface area contributed by atoms with Gasteiger partial charge in [0.05, 0.1) is 17.3 Å². The Morgan fingerprint density at radius 2 is 1.71 bits per heavy atom. The van der Waals surface area contributed by atoms with E-state index in [1.165, 1.54) is 16.7 Å². The molecule has 196 valence electrons. The van der Waals surface area contributed by atoms with Gasteiger partial charge in [0.25, 0.3) is 5.56 Å². The molecule has 0 bridgehead atoms. The molecule has 2 aromatic heterocycles. The molecule has 0 unspecified atom stereocenters. The molecule has 2 aliphatic carbocycles. The van der Waals surface area contributed by atoms with Crippen molar-refractivity contribution in [2.24, 2.45) is 13.0 Å². The third kappa shape index (κ3) is 4.70. The van der Waals surface area contributed by atoms with E-state index in [2.05, 4.69) is 22.0 Å². The lowest BCUT2D eigenvalue weighted by Crippen LogP contribution is -2.47. The van der Waals surface area contributed by atoms with E-state index >= 15 is 0 Å². The van der Waals surface area contributed by atoms with E-state index in [-0.39, 0.29) is 40.8 Å². The molecule has 8 nitrogen and oxygen atoms in total. The first-order valence-corrected chi connectivity index (χ1v) is 13.1. The third-order valence-electron chi connectivity index (χ3n) is 8.27. The van der Waals surface area contributed by atoms with Crippen LogP contribution in [0.15, 0.2) is 41.2 Å². The minimum atomic E-state index is -0.382. The lowest BCUT2D eigenvalue weighted by molar-refractivity contribution is 0.0448. The van der Waals surface area contributed by atoms with Crippen LogP contribution in [0.1, 0.15) is 49.8 Å². The fourth-order valence-electron chi connectivity index (χ4n) is 6.07. The van der Waals surface area contributed by atoms with Crippen LogP contribution in [-0.2, 0) is 7.05 Å². The fourth-order valence-corrected chi connectivity index (χ4v) is 6.07.